The van der Waals surface area contributed by atoms with Crippen molar-refractivity contribution >= 4 is 21.6 Å². The van der Waals surface area contributed by atoms with E-state index in [-0.39, 0.29) is 0 Å². The summed E-state index contributed by atoms with van der Waals surface area (Å²) in [5.41, 5.74) is 6.01. The van der Waals surface area contributed by atoms with Crippen molar-refractivity contribution in [1.82, 2.24) is 0 Å². The molecule has 2 heteroatoms. The highest BCUT2D eigenvalue weighted by molar-refractivity contribution is 8.77. The van der Waals surface area contributed by atoms with E-state index in [1.165, 1.54) is 141 Å². The van der Waals surface area contributed by atoms with Gasteiger partial charge in [0.2, 0.25) is 0 Å². The third-order valence-corrected chi connectivity index (χ3v) is 24.3. The normalized spacial score (nSPS) is 46.9. The molecule has 0 spiro atoms. The van der Waals surface area contributed by atoms with E-state index in [0.29, 0.717) is 21.7 Å². The third-order valence-electron chi connectivity index (χ3n) is 20.8. The summed E-state index contributed by atoms with van der Waals surface area (Å²) in [6, 6.07) is 0. The summed E-state index contributed by atoms with van der Waals surface area (Å²) in [5, 5.41) is 1.67. The van der Waals surface area contributed by atoms with Crippen molar-refractivity contribution in [1.29, 1.82) is 0 Å². The molecule has 6 saturated carbocycles. The van der Waals surface area contributed by atoms with Gasteiger partial charge >= 0.3 is 0 Å². The van der Waals surface area contributed by atoms with Gasteiger partial charge in [0, 0.05) is 10.5 Å². The molecule has 0 bridgehead atoms. The molecule has 16 atom stereocenters. The van der Waals surface area contributed by atoms with Crippen molar-refractivity contribution in [3.63, 3.8) is 0 Å². The second-order valence-corrected chi connectivity index (χ2v) is 27.4. The quantitative estimate of drug-likeness (QED) is 0.134. The Morgan fingerprint density at radius 3 is 1.30 bits per heavy atom. The molecular weight excluding hydrogens is 713 g/mol. The first kappa shape index (κ1) is 42.9. The maximum atomic E-state index is 2.86. The zero-order valence-corrected chi connectivity index (χ0v) is 40.2. The average Bonchev–Trinajstić information content (AvgIpc) is 3.70. The van der Waals surface area contributed by atoms with E-state index in [4.69, 9.17) is 0 Å². The number of hydrogen-bond donors (Lipinski definition) is 0. The molecule has 0 radical (unpaired) electrons. The lowest BCUT2D eigenvalue weighted by Crippen LogP contribution is -2.50. The van der Waals surface area contributed by atoms with Crippen LogP contribution in [0.4, 0.5) is 0 Å². The molecule has 0 aromatic rings. The molecule has 0 amide bonds. The second-order valence-electron chi connectivity index (χ2n) is 24.5. The van der Waals surface area contributed by atoms with Crippen molar-refractivity contribution < 1.29 is 0 Å². The molecule has 0 saturated heterocycles. The number of allylic oxidation sites excluding steroid dienone is 4. The van der Waals surface area contributed by atoms with E-state index in [2.05, 4.69) is 103 Å². The summed E-state index contributed by atoms with van der Waals surface area (Å²) in [4.78, 5) is 0. The van der Waals surface area contributed by atoms with Crippen molar-refractivity contribution in [2.45, 2.75) is 221 Å². The lowest BCUT2D eigenvalue weighted by molar-refractivity contribution is -0.0498. The molecule has 0 aromatic carbocycles. The number of rotatable bonds is 13. The first-order valence-electron chi connectivity index (χ1n) is 25.4. The molecule has 318 valence electrons. The molecule has 8 aliphatic carbocycles. The van der Waals surface area contributed by atoms with Gasteiger partial charge in [-0.1, -0.05) is 153 Å². The van der Waals surface area contributed by atoms with Gasteiger partial charge in [0.25, 0.3) is 0 Å². The van der Waals surface area contributed by atoms with E-state index >= 15 is 0 Å². The van der Waals surface area contributed by atoms with E-state index in [9.17, 15) is 0 Å². The van der Waals surface area contributed by atoms with Crippen molar-refractivity contribution in [2.24, 2.45) is 92.7 Å². The molecule has 8 unspecified atom stereocenters. The fraction of sp³-hybridized carbons (Fsp3) is 0.926. The standard InChI is InChI=1S/C54H90S2/c1-35(2)13-11-15-37(5)45-21-23-47-43-19-17-39-33-41(25-29-51(39,7)49(43)27-31-53(45,47)9)55-56-42-26-30-52(8)40(34-42)18-20-44-48-24-22-46(38(6)16-12-14-36(3)4)54(48,10)32-28-50(44)52/h17-18,35-38,41-50H,11-16,19-34H2,1-10H3/t37-,38?,41+,42?,43+,44?,45-,46?,47+,48?,49+,50?,51+,52?,53-,54?/m0/s1. The maximum absolute atomic E-state index is 2.86. The van der Waals surface area contributed by atoms with Gasteiger partial charge in [-0.05, 0) is 195 Å². The SMILES string of the molecule is CC(C)CCCC(C)C1CCC2C3CC=C4CC(SS[C@@H]5CC[C@]6(C)C(=CC[C@@H]7[C@H]8CC[C@@H]([C@@H](C)CCCC(C)C)[C@]8(C)CC[C@H]76)C5)CCC4(C)C3CCC12C. The average molecular weight is 803 g/mol. The number of hydrogen-bond acceptors (Lipinski definition) is 2. The monoisotopic (exact) mass is 803 g/mol. The van der Waals surface area contributed by atoms with Gasteiger partial charge in [-0.2, -0.15) is 0 Å². The third kappa shape index (κ3) is 7.69. The molecular formula is C54H90S2. The largest absolute Gasteiger partial charge is 0.0901 e. The van der Waals surface area contributed by atoms with Crippen LogP contribution in [-0.4, -0.2) is 10.5 Å². The summed E-state index contributed by atoms with van der Waals surface area (Å²) >= 11 is 0. The number of fused-ring (bicyclic) bond motifs is 10. The van der Waals surface area contributed by atoms with Gasteiger partial charge in [0.1, 0.15) is 0 Å². The Morgan fingerprint density at radius 1 is 0.500 bits per heavy atom. The van der Waals surface area contributed by atoms with Gasteiger partial charge in [-0.15, -0.1) is 0 Å². The van der Waals surface area contributed by atoms with Crippen LogP contribution in [0.5, 0.6) is 0 Å². The smallest absolute Gasteiger partial charge is 0.0189 e. The first-order valence-corrected chi connectivity index (χ1v) is 27.7. The highest BCUT2D eigenvalue weighted by Gasteiger charge is 2.61. The van der Waals surface area contributed by atoms with E-state index < -0.39 is 0 Å². The minimum atomic E-state index is 0.490. The molecule has 0 heterocycles. The molecule has 0 aliphatic heterocycles. The second kappa shape index (κ2) is 16.8. The van der Waals surface area contributed by atoms with Crippen LogP contribution in [0.2, 0.25) is 0 Å². The fourth-order valence-corrected chi connectivity index (χ4v) is 20.8. The van der Waals surface area contributed by atoms with Crippen LogP contribution < -0.4 is 0 Å². The van der Waals surface area contributed by atoms with Crippen molar-refractivity contribution in [3.05, 3.63) is 23.3 Å². The van der Waals surface area contributed by atoms with Crippen LogP contribution in [0.3, 0.4) is 0 Å². The maximum Gasteiger partial charge on any atom is 0.0189 e. The Bertz CT molecular complexity index is 1320. The van der Waals surface area contributed by atoms with Crippen LogP contribution in [-0.2, 0) is 0 Å². The van der Waals surface area contributed by atoms with E-state index in [1.54, 1.807) is 0 Å². The van der Waals surface area contributed by atoms with Crippen molar-refractivity contribution in [3.8, 4) is 0 Å². The lowest BCUT2D eigenvalue weighted by Gasteiger charge is -2.59. The Morgan fingerprint density at radius 2 is 0.911 bits per heavy atom. The zero-order valence-electron chi connectivity index (χ0n) is 38.6. The van der Waals surface area contributed by atoms with Crippen LogP contribution in [0, 0.1) is 92.7 Å². The van der Waals surface area contributed by atoms with Gasteiger partial charge in [-0.25, -0.2) is 0 Å². The lowest BCUT2D eigenvalue weighted by atomic mass is 9.47. The predicted octanol–water partition coefficient (Wildman–Crippen LogP) is 17.2. The van der Waals surface area contributed by atoms with Gasteiger partial charge in [-0.3, -0.25) is 0 Å². The topological polar surface area (TPSA) is 0 Å². The Hall–Kier alpha value is 0.180. The molecule has 8 rings (SSSR count). The summed E-state index contributed by atoms with van der Waals surface area (Å²) in [7, 11) is 4.69. The molecule has 8 aliphatic rings. The molecule has 0 nitrogen and oxygen atoms in total. The summed E-state index contributed by atoms with van der Waals surface area (Å²) < 4.78 is 0. The predicted molar refractivity (Wildman–Crippen MR) is 249 cm³/mol. The van der Waals surface area contributed by atoms with Crippen LogP contribution in [0.25, 0.3) is 0 Å². The minimum absolute atomic E-state index is 0.490. The van der Waals surface area contributed by atoms with Crippen LogP contribution in [0.15, 0.2) is 23.3 Å². The molecule has 56 heavy (non-hydrogen) atoms. The van der Waals surface area contributed by atoms with Gasteiger partial charge in [0.05, 0.1) is 0 Å². The van der Waals surface area contributed by atoms with Gasteiger partial charge < -0.3 is 0 Å². The molecule has 6 fully saturated rings. The fourth-order valence-electron chi connectivity index (χ4n) is 17.6. The Labute approximate surface area is 356 Å². The summed E-state index contributed by atoms with van der Waals surface area (Å²) in [5.74, 6) is 11.3. The minimum Gasteiger partial charge on any atom is -0.0901 e. The Kier molecular flexibility index (Phi) is 12.9. The molecule has 0 aromatic heterocycles. The molecule has 0 N–H and O–H groups in total. The van der Waals surface area contributed by atoms with Crippen LogP contribution in [0.1, 0.15) is 210 Å². The first-order chi connectivity index (χ1) is 26.7. The highest BCUT2D eigenvalue weighted by Crippen LogP contribution is 2.70. The van der Waals surface area contributed by atoms with Crippen LogP contribution >= 0.6 is 21.6 Å². The summed E-state index contributed by atoms with van der Waals surface area (Å²) in [6.45, 7) is 26.0. The van der Waals surface area contributed by atoms with E-state index in [1.807, 2.05) is 11.1 Å². The van der Waals surface area contributed by atoms with Gasteiger partial charge in [0.15, 0.2) is 0 Å². The Balaban J connectivity index is 0.844. The van der Waals surface area contributed by atoms with E-state index in [0.717, 1.165) is 81.5 Å². The van der Waals surface area contributed by atoms with Crippen molar-refractivity contribution in [2.75, 3.05) is 0 Å². The highest BCUT2D eigenvalue weighted by atomic mass is 33.1. The zero-order chi connectivity index (χ0) is 39.6. The summed E-state index contributed by atoms with van der Waals surface area (Å²) in [6.07, 6.45) is 38.0.